The van der Waals surface area contributed by atoms with Crippen LogP contribution in [-0.2, 0) is 0 Å². The molecule has 0 N–H and O–H groups in total. The van der Waals surface area contributed by atoms with E-state index in [9.17, 15) is 0 Å². The zero-order valence-electron chi connectivity index (χ0n) is 7.69. The maximum absolute atomic E-state index is 4.08. The lowest BCUT2D eigenvalue weighted by atomic mass is 10.1. The molecule has 0 aliphatic heterocycles. The molecule has 62 valence electrons. The molecule has 1 saturated carbocycles. The van der Waals surface area contributed by atoms with Crippen LogP contribution in [0.3, 0.4) is 0 Å². The standard InChI is InChI=1S/C11H18/c1-9(2)5-4-6-10(3)11-7-8-11/h5,11H,3-4,6-8H2,1-2H3. The second kappa shape index (κ2) is 3.75. The van der Waals surface area contributed by atoms with Crippen molar-refractivity contribution < 1.29 is 0 Å². The second-order valence-electron chi connectivity index (χ2n) is 3.75. The summed E-state index contributed by atoms with van der Waals surface area (Å²) in [4.78, 5) is 0. The average molecular weight is 150 g/mol. The van der Waals surface area contributed by atoms with Gasteiger partial charge in [0.25, 0.3) is 0 Å². The lowest BCUT2D eigenvalue weighted by molar-refractivity contribution is 0.863. The predicted octanol–water partition coefficient (Wildman–Crippen LogP) is 3.70. The summed E-state index contributed by atoms with van der Waals surface area (Å²) in [7, 11) is 0. The van der Waals surface area contributed by atoms with E-state index in [1.54, 1.807) is 0 Å². The van der Waals surface area contributed by atoms with Crippen LogP contribution in [0.2, 0.25) is 0 Å². The molecule has 0 saturated heterocycles. The molecular formula is C11H18. The third kappa shape index (κ3) is 3.41. The molecule has 0 heterocycles. The van der Waals surface area contributed by atoms with Crippen LogP contribution in [0.1, 0.15) is 39.5 Å². The molecule has 11 heavy (non-hydrogen) atoms. The van der Waals surface area contributed by atoms with E-state index in [0.29, 0.717) is 0 Å². The molecule has 0 radical (unpaired) electrons. The molecule has 0 amide bonds. The smallest absolute Gasteiger partial charge is 0.0205 e. The highest BCUT2D eigenvalue weighted by molar-refractivity contribution is 5.09. The number of allylic oxidation sites excluding steroid dienone is 3. The van der Waals surface area contributed by atoms with Gasteiger partial charge in [0, 0.05) is 0 Å². The van der Waals surface area contributed by atoms with Crippen molar-refractivity contribution in [2.75, 3.05) is 0 Å². The summed E-state index contributed by atoms with van der Waals surface area (Å²) in [5, 5.41) is 0. The van der Waals surface area contributed by atoms with Crippen LogP contribution < -0.4 is 0 Å². The van der Waals surface area contributed by atoms with Gasteiger partial charge in [-0.05, 0) is 45.4 Å². The van der Waals surface area contributed by atoms with Gasteiger partial charge in [-0.25, -0.2) is 0 Å². The highest BCUT2D eigenvalue weighted by Gasteiger charge is 2.23. The number of hydrogen-bond donors (Lipinski definition) is 0. The third-order valence-corrected chi connectivity index (χ3v) is 2.17. The van der Waals surface area contributed by atoms with Crippen LogP contribution in [0.25, 0.3) is 0 Å². The van der Waals surface area contributed by atoms with Gasteiger partial charge >= 0.3 is 0 Å². The SMILES string of the molecule is C=C(CCC=C(C)C)C1CC1. The third-order valence-electron chi connectivity index (χ3n) is 2.17. The first-order valence-corrected chi connectivity index (χ1v) is 4.51. The van der Waals surface area contributed by atoms with E-state index >= 15 is 0 Å². The Balaban J connectivity index is 2.11. The first kappa shape index (κ1) is 8.58. The van der Waals surface area contributed by atoms with Gasteiger partial charge in [-0.3, -0.25) is 0 Å². The minimum absolute atomic E-state index is 0.889. The van der Waals surface area contributed by atoms with E-state index in [-0.39, 0.29) is 0 Å². The Morgan fingerprint density at radius 2 is 2.09 bits per heavy atom. The summed E-state index contributed by atoms with van der Waals surface area (Å²) in [6.45, 7) is 8.39. The Labute approximate surface area is 70.0 Å². The molecule has 0 unspecified atom stereocenters. The van der Waals surface area contributed by atoms with Crippen LogP contribution in [0.15, 0.2) is 23.8 Å². The van der Waals surface area contributed by atoms with Gasteiger partial charge in [0.05, 0.1) is 0 Å². The van der Waals surface area contributed by atoms with Crippen LogP contribution in [0.5, 0.6) is 0 Å². The van der Waals surface area contributed by atoms with Crippen molar-refractivity contribution in [3.63, 3.8) is 0 Å². The van der Waals surface area contributed by atoms with Crippen molar-refractivity contribution in [3.05, 3.63) is 23.8 Å². The van der Waals surface area contributed by atoms with E-state index in [4.69, 9.17) is 0 Å². The predicted molar refractivity (Wildman–Crippen MR) is 50.5 cm³/mol. The fraction of sp³-hybridized carbons (Fsp3) is 0.636. The van der Waals surface area contributed by atoms with Crippen molar-refractivity contribution in [1.82, 2.24) is 0 Å². The van der Waals surface area contributed by atoms with E-state index in [1.807, 2.05) is 0 Å². The molecule has 0 bridgehead atoms. The molecule has 1 fully saturated rings. The molecule has 0 atom stereocenters. The fourth-order valence-corrected chi connectivity index (χ4v) is 1.24. The minimum atomic E-state index is 0.889. The topological polar surface area (TPSA) is 0 Å². The largest absolute Gasteiger partial charge is 0.0996 e. The second-order valence-corrected chi connectivity index (χ2v) is 3.75. The summed E-state index contributed by atoms with van der Waals surface area (Å²) in [6.07, 6.45) is 7.49. The summed E-state index contributed by atoms with van der Waals surface area (Å²) in [6, 6.07) is 0. The van der Waals surface area contributed by atoms with Gasteiger partial charge < -0.3 is 0 Å². The highest BCUT2D eigenvalue weighted by atomic mass is 14.3. The molecule has 0 aromatic rings. The van der Waals surface area contributed by atoms with Crippen LogP contribution in [-0.4, -0.2) is 0 Å². The molecule has 0 aromatic heterocycles. The van der Waals surface area contributed by atoms with E-state index in [2.05, 4.69) is 26.5 Å². The Hall–Kier alpha value is -0.520. The Morgan fingerprint density at radius 3 is 2.55 bits per heavy atom. The quantitative estimate of drug-likeness (QED) is 0.536. The normalized spacial score (nSPS) is 16.2. The van der Waals surface area contributed by atoms with Gasteiger partial charge in [0.2, 0.25) is 0 Å². The van der Waals surface area contributed by atoms with Crippen LogP contribution in [0.4, 0.5) is 0 Å². The van der Waals surface area contributed by atoms with Gasteiger partial charge in [-0.2, -0.15) is 0 Å². The Morgan fingerprint density at radius 1 is 1.45 bits per heavy atom. The highest BCUT2D eigenvalue weighted by Crippen LogP contribution is 2.37. The van der Waals surface area contributed by atoms with Crippen molar-refractivity contribution in [1.29, 1.82) is 0 Å². The Bertz CT molecular complexity index is 166. The lowest BCUT2D eigenvalue weighted by Crippen LogP contribution is -1.82. The van der Waals surface area contributed by atoms with Gasteiger partial charge in [0.1, 0.15) is 0 Å². The van der Waals surface area contributed by atoms with Crippen molar-refractivity contribution in [2.24, 2.45) is 5.92 Å². The van der Waals surface area contributed by atoms with E-state index in [0.717, 1.165) is 5.92 Å². The molecular weight excluding hydrogens is 132 g/mol. The number of hydrogen-bond acceptors (Lipinski definition) is 0. The molecule has 1 aliphatic rings. The van der Waals surface area contributed by atoms with Gasteiger partial charge in [-0.15, -0.1) is 0 Å². The molecule has 0 aromatic carbocycles. The summed E-state index contributed by atoms with van der Waals surface area (Å²) < 4.78 is 0. The first-order chi connectivity index (χ1) is 5.20. The molecule has 0 heteroatoms. The summed E-state index contributed by atoms with van der Waals surface area (Å²) in [5.74, 6) is 0.889. The van der Waals surface area contributed by atoms with Crippen LogP contribution >= 0.6 is 0 Å². The lowest BCUT2D eigenvalue weighted by Gasteiger charge is -1.99. The van der Waals surface area contributed by atoms with Crippen molar-refractivity contribution in [2.45, 2.75) is 39.5 Å². The summed E-state index contributed by atoms with van der Waals surface area (Å²) >= 11 is 0. The molecule has 0 spiro atoms. The first-order valence-electron chi connectivity index (χ1n) is 4.51. The van der Waals surface area contributed by atoms with Crippen molar-refractivity contribution >= 4 is 0 Å². The van der Waals surface area contributed by atoms with Gasteiger partial charge in [-0.1, -0.05) is 23.8 Å². The monoisotopic (exact) mass is 150 g/mol. The molecule has 1 rings (SSSR count). The molecule has 1 aliphatic carbocycles. The zero-order chi connectivity index (χ0) is 8.27. The van der Waals surface area contributed by atoms with E-state index in [1.165, 1.54) is 36.8 Å². The fourth-order valence-electron chi connectivity index (χ4n) is 1.24. The minimum Gasteiger partial charge on any atom is -0.0996 e. The van der Waals surface area contributed by atoms with Crippen LogP contribution in [0, 0.1) is 5.92 Å². The van der Waals surface area contributed by atoms with E-state index < -0.39 is 0 Å². The maximum Gasteiger partial charge on any atom is -0.0205 e. The zero-order valence-corrected chi connectivity index (χ0v) is 7.69. The van der Waals surface area contributed by atoms with Crippen molar-refractivity contribution in [3.8, 4) is 0 Å². The maximum atomic E-state index is 4.08. The summed E-state index contributed by atoms with van der Waals surface area (Å²) in [5.41, 5.74) is 2.90. The Kier molecular flexibility index (Phi) is 2.92. The molecule has 0 nitrogen and oxygen atoms in total. The number of rotatable bonds is 4. The van der Waals surface area contributed by atoms with Gasteiger partial charge in [0.15, 0.2) is 0 Å². The average Bonchev–Trinajstić information content (AvgIpc) is 2.66.